The van der Waals surface area contributed by atoms with Crippen molar-refractivity contribution < 1.29 is 13.2 Å². The van der Waals surface area contributed by atoms with Crippen LogP contribution in [0.25, 0.3) is 10.9 Å². The Bertz CT molecular complexity index is 977. The summed E-state index contributed by atoms with van der Waals surface area (Å²) < 4.78 is 35.4. The van der Waals surface area contributed by atoms with E-state index in [0.717, 1.165) is 11.1 Å². The standard InChI is InChI=1S/C19H23N3O3S/c1-21-12-5-9-17(21)15-22(13-6-14-25-2)26(23,24)18-10-3-7-16-8-4-11-20-19(16)18/h3-5,7-12H,6,13-15H2,1-2H3. The number of rotatable bonds is 8. The minimum Gasteiger partial charge on any atom is -0.385 e. The third-order valence-corrected chi connectivity index (χ3v) is 6.24. The van der Waals surface area contributed by atoms with Crippen molar-refractivity contribution in [1.82, 2.24) is 13.9 Å². The lowest BCUT2D eigenvalue weighted by atomic mass is 10.2. The molecule has 0 bridgehead atoms. The number of sulfonamides is 1. The molecule has 1 aromatic carbocycles. The Morgan fingerprint density at radius 3 is 2.69 bits per heavy atom. The quantitative estimate of drug-likeness (QED) is 0.570. The minimum absolute atomic E-state index is 0.238. The molecule has 0 fully saturated rings. The smallest absolute Gasteiger partial charge is 0.245 e. The van der Waals surface area contributed by atoms with Crippen LogP contribution < -0.4 is 0 Å². The molecule has 0 amide bonds. The van der Waals surface area contributed by atoms with Crippen LogP contribution in [-0.2, 0) is 28.4 Å². The van der Waals surface area contributed by atoms with Gasteiger partial charge in [0.15, 0.2) is 0 Å². The number of benzene rings is 1. The van der Waals surface area contributed by atoms with Crippen LogP contribution in [0.5, 0.6) is 0 Å². The summed E-state index contributed by atoms with van der Waals surface area (Å²) in [4.78, 5) is 4.54. The van der Waals surface area contributed by atoms with Crippen LogP contribution in [0.3, 0.4) is 0 Å². The SMILES string of the molecule is COCCCN(Cc1cccn1C)S(=O)(=O)c1cccc2cccnc12. The van der Waals surface area contributed by atoms with Gasteiger partial charge in [0.05, 0.1) is 12.1 Å². The van der Waals surface area contributed by atoms with Gasteiger partial charge in [0.2, 0.25) is 10.0 Å². The molecule has 7 heteroatoms. The lowest BCUT2D eigenvalue weighted by Crippen LogP contribution is -2.33. The molecule has 138 valence electrons. The van der Waals surface area contributed by atoms with Crippen LogP contribution in [-0.4, -0.2) is 42.5 Å². The molecule has 0 saturated carbocycles. The molecule has 2 aromatic heterocycles. The molecule has 0 aliphatic carbocycles. The van der Waals surface area contributed by atoms with E-state index in [9.17, 15) is 8.42 Å². The Labute approximate surface area is 154 Å². The highest BCUT2D eigenvalue weighted by molar-refractivity contribution is 7.89. The Hall–Kier alpha value is -2.22. The first-order chi connectivity index (χ1) is 12.5. The summed E-state index contributed by atoms with van der Waals surface area (Å²) in [5.74, 6) is 0. The Morgan fingerprint density at radius 1 is 1.15 bits per heavy atom. The number of hydrogen-bond donors (Lipinski definition) is 0. The predicted molar refractivity (Wildman–Crippen MR) is 101 cm³/mol. The van der Waals surface area contributed by atoms with Crippen molar-refractivity contribution in [2.45, 2.75) is 17.9 Å². The van der Waals surface area contributed by atoms with Gasteiger partial charge in [-0.1, -0.05) is 18.2 Å². The predicted octanol–water partition coefficient (Wildman–Crippen LogP) is 2.80. The van der Waals surface area contributed by atoms with Crippen LogP contribution in [0.4, 0.5) is 0 Å². The summed E-state index contributed by atoms with van der Waals surface area (Å²) in [6.45, 7) is 1.19. The number of hydrogen-bond acceptors (Lipinski definition) is 4. The highest BCUT2D eigenvalue weighted by Gasteiger charge is 2.27. The summed E-state index contributed by atoms with van der Waals surface area (Å²) in [7, 11) is -0.172. The fourth-order valence-corrected chi connectivity index (χ4v) is 4.55. The minimum atomic E-state index is -3.70. The summed E-state index contributed by atoms with van der Waals surface area (Å²) in [5.41, 5.74) is 1.43. The second-order valence-corrected chi connectivity index (χ2v) is 8.03. The zero-order valence-corrected chi connectivity index (χ0v) is 15.8. The monoisotopic (exact) mass is 373 g/mol. The molecule has 0 radical (unpaired) electrons. The first kappa shape index (κ1) is 18.6. The molecular formula is C19H23N3O3S. The van der Waals surface area contributed by atoms with Crippen LogP contribution in [0.1, 0.15) is 12.1 Å². The van der Waals surface area contributed by atoms with E-state index in [1.165, 1.54) is 4.31 Å². The second-order valence-electron chi connectivity index (χ2n) is 6.13. The maximum absolute atomic E-state index is 13.4. The lowest BCUT2D eigenvalue weighted by molar-refractivity contribution is 0.186. The van der Waals surface area contributed by atoms with Gasteiger partial charge < -0.3 is 9.30 Å². The van der Waals surface area contributed by atoms with E-state index in [1.54, 1.807) is 31.5 Å². The van der Waals surface area contributed by atoms with Gasteiger partial charge in [-0.2, -0.15) is 4.31 Å². The summed E-state index contributed by atoms with van der Waals surface area (Å²) in [5, 5.41) is 0.810. The van der Waals surface area contributed by atoms with E-state index in [0.29, 0.717) is 31.6 Å². The van der Waals surface area contributed by atoms with E-state index in [1.807, 2.05) is 42.1 Å². The molecule has 0 aliphatic rings. The Kier molecular flexibility index (Phi) is 5.70. The van der Waals surface area contributed by atoms with Crippen LogP contribution in [0.15, 0.2) is 59.8 Å². The average molecular weight is 373 g/mol. The highest BCUT2D eigenvalue weighted by atomic mass is 32.2. The summed E-state index contributed by atoms with van der Waals surface area (Å²) in [6, 6.07) is 12.8. The number of methoxy groups -OCH3 is 1. The molecule has 0 N–H and O–H groups in total. The van der Waals surface area contributed by atoms with Gasteiger partial charge in [-0.3, -0.25) is 4.98 Å². The van der Waals surface area contributed by atoms with Crippen molar-refractivity contribution in [2.75, 3.05) is 20.3 Å². The number of ether oxygens (including phenoxy) is 1. The number of pyridine rings is 1. The lowest BCUT2D eigenvalue weighted by Gasteiger charge is -2.23. The molecule has 0 unspecified atom stereocenters. The second kappa shape index (κ2) is 7.99. The fourth-order valence-electron chi connectivity index (χ4n) is 2.93. The number of fused-ring (bicyclic) bond motifs is 1. The van der Waals surface area contributed by atoms with Crippen molar-refractivity contribution in [3.63, 3.8) is 0 Å². The zero-order valence-electron chi connectivity index (χ0n) is 15.0. The van der Waals surface area contributed by atoms with Crippen molar-refractivity contribution >= 4 is 20.9 Å². The number of nitrogens with zero attached hydrogens (tertiary/aromatic N) is 3. The van der Waals surface area contributed by atoms with Crippen LogP contribution in [0, 0.1) is 0 Å². The molecule has 0 spiro atoms. The Morgan fingerprint density at radius 2 is 1.96 bits per heavy atom. The third-order valence-electron chi connectivity index (χ3n) is 4.36. The average Bonchev–Trinajstić information content (AvgIpc) is 3.05. The van der Waals surface area contributed by atoms with Gasteiger partial charge in [-0.25, -0.2) is 8.42 Å². The maximum Gasteiger partial charge on any atom is 0.245 e. The third kappa shape index (κ3) is 3.80. The van der Waals surface area contributed by atoms with Crippen molar-refractivity contribution in [3.05, 3.63) is 60.6 Å². The van der Waals surface area contributed by atoms with Crippen molar-refractivity contribution in [1.29, 1.82) is 0 Å². The number of aryl methyl sites for hydroxylation is 1. The van der Waals surface area contributed by atoms with Crippen LogP contribution >= 0.6 is 0 Å². The van der Waals surface area contributed by atoms with E-state index in [4.69, 9.17) is 4.74 Å². The van der Waals surface area contributed by atoms with E-state index in [2.05, 4.69) is 4.98 Å². The molecule has 3 rings (SSSR count). The maximum atomic E-state index is 13.4. The number of para-hydroxylation sites is 1. The molecular weight excluding hydrogens is 350 g/mol. The molecule has 26 heavy (non-hydrogen) atoms. The first-order valence-corrected chi connectivity index (χ1v) is 9.91. The van der Waals surface area contributed by atoms with E-state index < -0.39 is 10.0 Å². The van der Waals surface area contributed by atoms with Gasteiger partial charge >= 0.3 is 0 Å². The van der Waals surface area contributed by atoms with E-state index >= 15 is 0 Å². The van der Waals surface area contributed by atoms with Crippen molar-refractivity contribution in [3.8, 4) is 0 Å². The topological polar surface area (TPSA) is 64.4 Å². The van der Waals surface area contributed by atoms with Gasteiger partial charge in [0, 0.05) is 50.8 Å². The molecule has 0 aliphatic heterocycles. The Balaban J connectivity index is 2.01. The zero-order chi connectivity index (χ0) is 18.6. The normalized spacial score (nSPS) is 12.1. The van der Waals surface area contributed by atoms with Gasteiger partial charge in [0.25, 0.3) is 0 Å². The fraction of sp³-hybridized carbons (Fsp3) is 0.316. The molecule has 3 aromatic rings. The molecule has 6 nitrogen and oxygen atoms in total. The summed E-state index contributed by atoms with van der Waals surface area (Å²) >= 11 is 0. The van der Waals surface area contributed by atoms with Gasteiger partial charge in [-0.05, 0) is 30.7 Å². The highest BCUT2D eigenvalue weighted by Crippen LogP contribution is 2.25. The van der Waals surface area contributed by atoms with Crippen molar-refractivity contribution in [2.24, 2.45) is 7.05 Å². The van der Waals surface area contributed by atoms with E-state index in [-0.39, 0.29) is 4.90 Å². The largest absolute Gasteiger partial charge is 0.385 e. The van der Waals surface area contributed by atoms with Gasteiger partial charge in [0.1, 0.15) is 4.90 Å². The molecule has 2 heterocycles. The van der Waals surface area contributed by atoms with Crippen LogP contribution in [0.2, 0.25) is 0 Å². The summed E-state index contributed by atoms with van der Waals surface area (Å²) in [6.07, 6.45) is 4.15. The molecule has 0 saturated heterocycles. The first-order valence-electron chi connectivity index (χ1n) is 8.47. The van der Waals surface area contributed by atoms with Gasteiger partial charge in [-0.15, -0.1) is 0 Å². The molecule has 0 atom stereocenters. The number of aromatic nitrogens is 2.